The van der Waals surface area contributed by atoms with Crippen molar-refractivity contribution >= 4 is 44.5 Å². The third-order valence-corrected chi connectivity index (χ3v) is 3.94. The molecule has 0 saturated heterocycles. The minimum atomic E-state index is -3.37. The maximum atomic E-state index is 11.4. The van der Waals surface area contributed by atoms with Crippen LogP contribution < -0.4 is 5.32 Å². The number of benzene rings is 1. The van der Waals surface area contributed by atoms with Gasteiger partial charge in [0.15, 0.2) is 14.9 Å². The zero-order valence-electron chi connectivity index (χ0n) is 9.76. The second kappa shape index (κ2) is 5.32. The van der Waals surface area contributed by atoms with Gasteiger partial charge in [0.2, 0.25) is 0 Å². The highest BCUT2D eigenvalue weighted by Crippen LogP contribution is 2.26. The first kappa shape index (κ1) is 14.0. The van der Waals surface area contributed by atoms with Gasteiger partial charge in [0.25, 0.3) is 0 Å². The molecule has 2 aromatic rings. The zero-order valence-corrected chi connectivity index (χ0v) is 12.1. The summed E-state index contributed by atoms with van der Waals surface area (Å²) < 4.78 is 22.8. The Bertz CT molecular complexity index is 720. The first-order valence-corrected chi connectivity index (χ1v) is 7.75. The molecule has 0 spiro atoms. The number of halogens is 2. The van der Waals surface area contributed by atoms with Crippen molar-refractivity contribution in [2.24, 2.45) is 0 Å². The van der Waals surface area contributed by atoms with E-state index in [-0.39, 0.29) is 5.03 Å². The van der Waals surface area contributed by atoms with Crippen LogP contribution in [0.2, 0.25) is 10.0 Å². The van der Waals surface area contributed by atoms with Crippen LogP contribution >= 0.6 is 23.2 Å². The Kier molecular flexibility index (Phi) is 3.93. The van der Waals surface area contributed by atoms with Gasteiger partial charge in [-0.2, -0.15) is 0 Å². The standard InChI is InChI=1S/C11H9Cl2N3O2S/c1-19(17,18)11-5-10(14-6-15-11)16-7-2-3-8(12)9(13)4-7/h2-6H,1H3,(H,14,15,16). The number of aromatic nitrogens is 2. The molecule has 0 amide bonds. The predicted octanol–water partition coefficient (Wildman–Crippen LogP) is 2.93. The summed E-state index contributed by atoms with van der Waals surface area (Å²) in [7, 11) is -3.37. The molecule has 0 unspecified atom stereocenters. The van der Waals surface area contributed by atoms with E-state index in [1.165, 1.54) is 12.4 Å². The minimum absolute atomic E-state index is 0.0509. The van der Waals surface area contributed by atoms with E-state index in [2.05, 4.69) is 15.3 Å². The van der Waals surface area contributed by atoms with E-state index in [4.69, 9.17) is 23.2 Å². The molecule has 0 bridgehead atoms. The number of nitrogens with zero attached hydrogens (tertiary/aromatic N) is 2. The van der Waals surface area contributed by atoms with E-state index < -0.39 is 9.84 Å². The molecule has 1 aromatic carbocycles. The summed E-state index contributed by atoms with van der Waals surface area (Å²) >= 11 is 11.7. The molecule has 1 aromatic heterocycles. The summed E-state index contributed by atoms with van der Waals surface area (Å²) in [4.78, 5) is 7.64. The van der Waals surface area contributed by atoms with Crippen LogP contribution in [0.1, 0.15) is 0 Å². The highest BCUT2D eigenvalue weighted by Gasteiger charge is 2.10. The van der Waals surface area contributed by atoms with Crippen molar-refractivity contribution in [2.75, 3.05) is 11.6 Å². The number of sulfone groups is 1. The molecule has 0 aliphatic carbocycles. The number of hydrogen-bond acceptors (Lipinski definition) is 5. The van der Waals surface area contributed by atoms with Crippen molar-refractivity contribution in [3.05, 3.63) is 40.6 Å². The van der Waals surface area contributed by atoms with Gasteiger partial charge in [-0.15, -0.1) is 0 Å². The molecule has 1 heterocycles. The lowest BCUT2D eigenvalue weighted by molar-refractivity contribution is 0.598. The fourth-order valence-corrected chi connectivity index (χ4v) is 2.19. The molecule has 5 nitrogen and oxygen atoms in total. The Balaban J connectivity index is 2.31. The smallest absolute Gasteiger partial charge is 0.192 e. The van der Waals surface area contributed by atoms with Crippen molar-refractivity contribution in [2.45, 2.75) is 5.03 Å². The third-order valence-electron chi connectivity index (χ3n) is 2.21. The van der Waals surface area contributed by atoms with Gasteiger partial charge in [-0.1, -0.05) is 23.2 Å². The average molecular weight is 318 g/mol. The van der Waals surface area contributed by atoms with Crippen molar-refractivity contribution in [1.82, 2.24) is 9.97 Å². The van der Waals surface area contributed by atoms with Gasteiger partial charge < -0.3 is 5.32 Å². The summed E-state index contributed by atoms with van der Waals surface area (Å²) in [6, 6.07) is 6.30. The molecule has 1 N–H and O–H groups in total. The molecule has 0 atom stereocenters. The van der Waals surface area contributed by atoms with Crippen LogP contribution in [-0.2, 0) is 9.84 Å². The minimum Gasteiger partial charge on any atom is -0.340 e. The molecular weight excluding hydrogens is 309 g/mol. The summed E-state index contributed by atoms with van der Waals surface area (Å²) in [6.45, 7) is 0. The normalized spacial score (nSPS) is 11.3. The van der Waals surface area contributed by atoms with E-state index in [0.29, 0.717) is 21.6 Å². The van der Waals surface area contributed by atoms with Crippen LogP contribution in [0.3, 0.4) is 0 Å². The van der Waals surface area contributed by atoms with Gasteiger partial charge in [-0.05, 0) is 18.2 Å². The molecule has 2 rings (SSSR count). The fraction of sp³-hybridized carbons (Fsp3) is 0.0909. The maximum Gasteiger partial charge on any atom is 0.192 e. The first-order chi connectivity index (χ1) is 8.86. The van der Waals surface area contributed by atoms with Crippen molar-refractivity contribution in [3.8, 4) is 0 Å². The lowest BCUT2D eigenvalue weighted by atomic mass is 10.3. The lowest BCUT2D eigenvalue weighted by Crippen LogP contribution is -2.03. The Hall–Kier alpha value is -1.37. The molecule has 0 aliphatic heterocycles. The average Bonchev–Trinajstić information content (AvgIpc) is 2.33. The quantitative estimate of drug-likeness (QED) is 0.881. The van der Waals surface area contributed by atoms with Gasteiger partial charge in [0, 0.05) is 18.0 Å². The Labute approximate surface area is 120 Å². The fourth-order valence-electron chi connectivity index (χ4n) is 1.33. The van der Waals surface area contributed by atoms with E-state index >= 15 is 0 Å². The largest absolute Gasteiger partial charge is 0.340 e. The van der Waals surface area contributed by atoms with Gasteiger partial charge in [0.05, 0.1) is 10.0 Å². The maximum absolute atomic E-state index is 11.4. The van der Waals surface area contributed by atoms with Crippen LogP contribution in [0, 0.1) is 0 Å². The predicted molar refractivity (Wildman–Crippen MR) is 74.9 cm³/mol. The van der Waals surface area contributed by atoms with E-state index in [1.54, 1.807) is 18.2 Å². The van der Waals surface area contributed by atoms with Crippen LogP contribution in [0.5, 0.6) is 0 Å². The van der Waals surface area contributed by atoms with E-state index in [9.17, 15) is 8.42 Å². The summed E-state index contributed by atoms with van der Waals surface area (Å²) in [5.74, 6) is 0.355. The molecule has 0 radical (unpaired) electrons. The Morgan fingerprint density at radius 2 is 1.84 bits per heavy atom. The second-order valence-corrected chi connectivity index (χ2v) is 6.54. The van der Waals surface area contributed by atoms with Crippen LogP contribution in [-0.4, -0.2) is 24.6 Å². The summed E-state index contributed by atoms with van der Waals surface area (Å²) in [6.07, 6.45) is 2.26. The molecule has 0 saturated carbocycles. The highest BCUT2D eigenvalue weighted by molar-refractivity contribution is 7.90. The molecular formula is C11H9Cl2N3O2S. The van der Waals surface area contributed by atoms with Crippen molar-refractivity contribution in [1.29, 1.82) is 0 Å². The Morgan fingerprint density at radius 1 is 1.11 bits per heavy atom. The van der Waals surface area contributed by atoms with E-state index in [1.807, 2.05) is 0 Å². The van der Waals surface area contributed by atoms with E-state index in [0.717, 1.165) is 6.26 Å². The zero-order chi connectivity index (χ0) is 14.0. The van der Waals surface area contributed by atoms with Gasteiger partial charge in [-0.25, -0.2) is 18.4 Å². The van der Waals surface area contributed by atoms with Crippen LogP contribution in [0.25, 0.3) is 0 Å². The molecule has 0 fully saturated rings. The van der Waals surface area contributed by atoms with Crippen LogP contribution in [0.4, 0.5) is 11.5 Å². The van der Waals surface area contributed by atoms with Gasteiger partial charge in [-0.3, -0.25) is 0 Å². The van der Waals surface area contributed by atoms with Crippen molar-refractivity contribution < 1.29 is 8.42 Å². The third kappa shape index (κ3) is 3.56. The first-order valence-electron chi connectivity index (χ1n) is 5.10. The van der Waals surface area contributed by atoms with Gasteiger partial charge >= 0.3 is 0 Å². The monoisotopic (exact) mass is 317 g/mol. The van der Waals surface area contributed by atoms with Crippen molar-refractivity contribution in [3.63, 3.8) is 0 Å². The summed E-state index contributed by atoms with van der Waals surface area (Å²) in [5.41, 5.74) is 0.646. The second-order valence-electron chi connectivity index (χ2n) is 3.77. The number of anilines is 2. The molecule has 19 heavy (non-hydrogen) atoms. The van der Waals surface area contributed by atoms with Crippen LogP contribution in [0.15, 0.2) is 35.6 Å². The number of nitrogens with one attached hydrogen (secondary N) is 1. The molecule has 100 valence electrons. The lowest BCUT2D eigenvalue weighted by Gasteiger charge is -2.07. The Morgan fingerprint density at radius 3 is 2.47 bits per heavy atom. The number of rotatable bonds is 3. The molecule has 0 aliphatic rings. The SMILES string of the molecule is CS(=O)(=O)c1cc(Nc2ccc(Cl)c(Cl)c2)ncn1. The highest BCUT2D eigenvalue weighted by atomic mass is 35.5. The molecule has 8 heteroatoms. The number of hydrogen-bond donors (Lipinski definition) is 1. The van der Waals surface area contributed by atoms with Gasteiger partial charge in [0.1, 0.15) is 12.1 Å². The topological polar surface area (TPSA) is 72.0 Å². The summed E-state index contributed by atoms with van der Waals surface area (Å²) in [5, 5.41) is 3.70.